The average molecular weight is 848 g/mol. The van der Waals surface area contributed by atoms with E-state index in [1.165, 1.54) is 193 Å². The van der Waals surface area contributed by atoms with Gasteiger partial charge in [-0.1, -0.05) is 232 Å². The van der Waals surface area contributed by atoms with Gasteiger partial charge < -0.3 is 25.2 Å². The molecule has 58 heavy (non-hydrogen) atoms. The van der Waals surface area contributed by atoms with E-state index in [0.29, 0.717) is 6.61 Å². The number of carbonyl (C=O) groups excluding carboxylic acids is 1. The molecule has 0 aliphatic rings. The zero-order chi connectivity index (χ0) is 42.6. The lowest BCUT2D eigenvalue weighted by atomic mass is 10.0. The lowest BCUT2D eigenvalue weighted by Gasteiger charge is -2.20. The van der Waals surface area contributed by atoms with Gasteiger partial charge in [0.15, 0.2) is 0 Å². The quantitative estimate of drug-likeness (QED) is 0.0306. The predicted molar refractivity (Wildman–Crippen MR) is 240 cm³/mol. The number of esters is 1. The molecule has 0 bridgehead atoms. The van der Waals surface area contributed by atoms with E-state index in [-0.39, 0.29) is 13.0 Å². The molecule has 0 aliphatic carbocycles. The SMILES string of the molecule is CCCCCCCCCCCCCCCCCCCCCCCCC(=O)OC(COCCCCCCCCCCCCCCCC)COP(=O)(O)OCC(N)C(=O)O. The Kier molecular flexibility index (Phi) is 43.3. The van der Waals surface area contributed by atoms with Crippen molar-refractivity contribution < 1.29 is 42.7 Å². The maximum absolute atomic E-state index is 12.7. The maximum Gasteiger partial charge on any atom is 0.472 e. The van der Waals surface area contributed by atoms with E-state index in [1.807, 2.05) is 0 Å². The second kappa shape index (κ2) is 44.0. The van der Waals surface area contributed by atoms with Crippen molar-refractivity contribution in [2.24, 2.45) is 5.73 Å². The average Bonchev–Trinajstić information content (AvgIpc) is 3.20. The molecule has 0 aromatic rings. The number of hydrogen-bond donors (Lipinski definition) is 3. The minimum absolute atomic E-state index is 0.0260. The van der Waals surface area contributed by atoms with E-state index in [9.17, 15) is 19.0 Å². The number of unbranched alkanes of at least 4 members (excludes halogenated alkanes) is 34. The number of ether oxygens (including phenoxy) is 2. The molecule has 3 unspecified atom stereocenters. The van der Waals surface area contributed by atoms with Gasteiger partial charge in [0.25, 0.3) is 0 Å². The first kappa shape index (κ1) is 57.0. The van der Waals surface area contributed by atoms with Gasteiger partial charge in [-0.3, -0.25) is 18.6 Å². The first-order valence-corrected chi connectivity index (χ1v) is 26.1. The van der Waals surface area contributed by atoms with Gasteiger partial charge in [-0.2, -0.15) is 0 Å². The number of phosphoric ester groups is 1. The van der Waals surface area contributed by atoms with Gasteiger partial charge in [0.05, 0.1) is 19.8 Å². The number of carboxylic acids is 1. The fourth-order valence-electron chi connectivity index (χ4n) is 7.31. The van der Waals surface area contributed by atoms with Crippen molar-refractivity contribution in [1.29, 1.82) is 0 Å². The number of carboxylic acid groups (broad SMARTS) is 1. The van der Waals surface area contributed by atoms with E-state index in [0.717, 1.165) is 38.5 Å². The van der Waals surface area contributed by atoms with Crippen molar-refractivity contribution in [3.05, 3.63) is 0 Å². The second-order valence-electron chi connectivity index (χ2n) is 17.0. The van der Waals surface area contributed by atoms with Crippen molar-refractivity contribution in [1.82, 2.24) is 0 Å². The highest BCUT2D eigenvalue weighted by atomic mass is 31.2. The molecule has 0 radical (unpaired) electrons. The fraction of sp³-hybridized carbons (Fsp3) is 0.957. The van der Waals surface area contributed by atoms with Crippen LogP contribution in [0, 0.1) is 0 Å². The van der Waals surface area contributed by atoms with E-state index >= 15 is 0 Å². The molecule has 346 valence electrons. The maximum atomic E-state index is 12.7. The molecular formula is C47H94NO9P. The highest BCUT2D eigenvalue weighted by Crippen LogP contribution is 2.43. The van der Waals surface area contributed by atoms with Crippen LogP contribution in [0.5, 0.6) is 0 Å². The summed E-state index contributed by atoms with van der Waals surface area (Å²) in [6, 6.07) is -1.47. The van der Waals surface area contributed by atoms with Crippen molar-refractivity contribution in [3.63, 3.8) is 0 Å². The van der Waals surface area contributed by atoms with Crippen LogP contribution >= 0.6 is 7.82 Å². The van der Waals surface area contributed by atoms with Gasteiger partial charge in [0.2, 0.25) is 0 Å². The van der Waals surface area contributed by atoms with Gasteiger partial charge in [-0.25, -0.2) is 4.57 Å². The van der Waals surface area contributed by atoms with Crippen LogP contribution in [-0.4, -0.2) is 60.5 Å². The van der Waals surface area contributed by atoms with Crippen LogP contribution < -0.4 is 5.73 Å². The normalized spacial score (nSPS) is 13.7. The second-order valence-corrected chi connectivity index (χ2v) is 18.4. The fourth-order valence-corrected chi connectivity index (χ4v) is 8.09. The number of hydrogen-bond acceptors (Lipinski definition) is 8. The molecule has 0 aromatic heterocycles. The summed E-state index contributed by atoms with van der Waals surface area (Å²) in [5.41, 5.74) is 5.37. The summed E-state index contributed by atoms with van der Waals surface area (Å²) in [7, 11) is -4.61. The zero-order valence-corrected chi connectivity index (χ0v) is 38.8. The Labute approximate surface area is 357 Å². The van der Waals surface area contributed by atoms with Gasteiger partial charge in [0, 0.05) is 13.0 Å². The minimum atomic E-state index is -4.61. The van der Waals surface area contributed by atoms with E-state index in [4.69, 9.17) is 29.4 Å². The molecule has 0 aromatic carbocycles. The van der Waals surface area contributed by atoms with Gasteiger partial charge in [0.1, 0.15) is 12.1 Å². The smallest absolute Gasteiger partial charge is 0.472 e. The minimum Gasteiger partial charge on any atom is -0.480 e. The van der Waals surface area contributed by atoms with E-state index < -0.39 is 45.1 Å². The summed E-state index contributed by atoms with van der Waals surface area (Å²) >= 11 is 0. The van der Waals surface area contributed by atoms with Crippen LogP contribution in [0.15, 0.2) is 0 Å². The Morgan fingerprint density at radius 1 is 0.483 bits per heavy atom. The molecular weight excluding hydrogens is 753 g/mol. The zero-order valence-electron chi connectivity index (χ0n) is 37.9. The first-order valence-electron chi connectivity index (χ1n) is 24.6. The van der Waals surface area contributed by atoms with Gasteiger partial charge in [-0.05, 0) is 12.8 Å². The third kappa shape index (κ3) is 43.1. The topological polar surface area (TPSA) is 155 Å². The molecule has 0 amide bonds. The summed E-state index contributed by atoms with van der Waals surface area (Å²) in [6.45, 7) is 3.95. The monoisotopic (exact) mass is 848 g/mol. The van der Waals surface area contributed by atoms with Crippen molar-refractivity contribution >= 4 is 19.8 Å². The third-order valence-electron chi connectivity index (χ3n) is 11.1. The molecule has 0 spiro atoms. The molecule has 0 heterocycles. The molecule has 0 aliphatic heterocycles. The van der Waals surface area contributed by atoms with E-state index in [2.05, 4.69) is 13.8 Å². The molecule has 4 N–H and O–H groups in total. The number of aliphatic carboxylic acids is 1. The Morgan fingerprint density at radius 3 is 1.14 bits per heavy atom. The molecule has 0 saturated heterocycles. The number of nitrogens with two attached hydrogens (primary N) is 1. The Morgan fingerprint density at radius 2 is 0.793 bits per heavy atom. The van der Waals surface area contributed by atoms with Crippen LogP contribution in [0.25, 0.3) is 0 Å². The van der Waals surface area contributed by atoms with Crippen molar-refractivity contribution in [3.8, 4) is 0 Å². The molecule has 10 nitrogen and oxygen atoms in total. The Bertz CT molecular complexity index is 940. The van der Waals surface area contributed by atoms with Gasteiger partial charge in [-0.15, -0.1) is 0 Å². The summed E-state index contributed by atoms with van der Waals surface area (Å²) < 4.78 is 33.4. The molecule has 0 rings (SSSR count). The molecule has 3 atom stereocenters. The first-order chi connectivity index (χ1) is 28.2. The van der Waals surface area contributed by atoms with Crippen molar-refractivity contribution in [2.45, 2.75) is 264 Å². The van der Waals surface area contributed by atoms with Crippen molar-refractivity contribution in [2.75, 3.05) is 26.4 Å². The third-order valence-corrected chi connectivity index (χ3v) is 12.1. The van der Waals surface area contributed by atoms with Crippen LogP contribution in [0.2, 0.25) is 0 Å². The highest BCUT2D eigenvalue weighted by Gasteiger charge is 2.27. The summed E-state index contributed by atoms with van der Waals surface area (Å²) in [6.07, 6.45) is 45.9. The number of phosphoric acid groups is 1. The Balaban J connectivity index is 4.07. The predicted octanol–water partition coefficient (Wildman–Crippen LogP) is 13.9. The van der Waals surface area contributed by atoms with Crippen LogP contribution in [-0.2, 0) is 32.7 Å². The van der Waals surface area contributed by atoms with Crippen LogP contribution in [0.3, 0.4) is 0 Å². The lowest BCUT2D eigenvalue weighted by Crippen LogP contribution is -2.34. The summed E-state index contributed by atoms with van der Waals surface area (Å²) in [4.78, 5) is 33.6. The lowest BCUT2D eigenvalue weighted by molar-refractivity contribution is -0.154. The summed E-state index contributed by atoms with van der Waals surface area (Å²) in [5.74, 6) is -1.76. The highest BCUT2D eigenvalue weighted by molar-refractivity contribution is 7.47. The standard InChI is InChI=1S/C47H94NO9P/c1-3-5-7-9-11-13-15-17-19-20-21-22-23-24-25-26-27-29-31-33-35-37-39-46(49)57-44(42-55-58(52,53)56-43-45(48)47(50)51)41-54-40-38-36-34-32-30-28-18-16-14-12-10-8-6-4-2/h44-45H,3-43,48H2,1-2H3,(H,50,51)(H,52,53). The van der Waals surface area contributed by atoms with Crippen LogP contribution in [0.4, 0.5) is 0 Å². The largest absolute Gasteiger partial charge is 0.480 e. The molecule has 0 fully saturated rings. The van der Waals surface area contributed by atoms with Gasteiger partial charge >= 0.3 is 19.8 Å². The van der Waals surface area contributed by atoms with E-state index in [1.54, 1.807) is 0 Å². The summed E-state index contributed by atoms with van der Waals surface area (Å²) in [5, 5.41) is 8.91. The van der Waals surface area contributed by atoms with Crippen LogP contribution in [0.1, 0.15) is 251 Å². The number of rotatable bonds is 48. The number of carbonyl (C=O) groups is 2. The molecule has 11 heteroatoms. The molecule has 0 saturated carbocycles. The Hall–Kier alpha value is -1.03.